The van der Waals surface area contributed by atoms with E-state index >= 15 is 0 Å². The van der Waals surface area contributed by atoms with Crippen LogP contribution in [0.25, 0.3) is 0 Å². The van der Waals surface area contributed by atoms with Gasteiger partial charge >= 0.3 is 0 Å². The first-order valence-corrected chi connectivity index (χ1v) is 7.21. The number of nitrogens with zero attached hydrogens (tertiary/aromatic N) is 1. The fraction of sp³-hybridized carbons (Fsp3) is 0.0769. The van der Waals surface area contributed by atoms with Crippen molar-refractivity contribution in [1.82, 2.24) is 4.98 Å². The van der Waals surface area contributed by atoms with E-state index in [0.717, 1.165) is 4.90 Å². The van der Waals surface area contributed by atoms with Crippen LogP contribution in [0.4, 0.5) is 10.1 Å². The monoisotopic (exact) mass is 340 g/mol. The molecule has 0 bridgehead atoms. The lowest BCUT2D eigenvalue weighted by atomic mass is 10.3. The average molecular weight is 341 g/mol. The fourth-order valence-electron chi connectivity index (χ4n) is 1.36. The molecule has 1 aromatic heterocycles. The average Bonchev–Trinajstić information content (AvgIpc) is 2.41. The minimum absolute atomic E-state index is 0.184. The van der Waals surface area contributed by atoms with Crippen molar-refractivity contribution in [2.24, 2.45) is 0 Å². The summed E-state index contributed by atoms with van der Waals surface area (Å²) in [5, 5.41) is 2.54. The molecule has 0 aliphatic rings. The van der Waals surface area contributed by atoms with Crippen molar-refractivity contribution >= 4 is 39.3 Å². The summed E-state index contributed by atoms with van der Waals surface area (Å²) in [6.07, 6.45) is 3.32. The van der Waals surface area contributed by atoms with E-state index in [-0.39, 0.29) is 17.3 Å². The second-order valence-corrected chi connectivity index (χ2v) is 5.61. The largest absolute Gasteiger partial charge is 0.323 e. The van der Waals surface area contributed by atoms with Gasteiger partial charge in [-0.15, -0.1) is 11.8 Å². The third-order valence-corrected chi connectivity index (χ3v) is 3.73. The molecule has 19 heavy (non-hydrogen) atoms. The molecule has 1 aromatic carbocycles. The number of benzene rings is 1. The third-order valence-electron chi connectivity index (χ3n) is 2.22. The van der Waals surface area contributed by atoms with Crippen molar-refractivity contribution in [2.45, 2.75) is 4.90 Å². The molecule has 1 amide bonds. The molecule has 0 spiro atoms. The van der Waals surface area contributed by atoms with Gasteiger partial charge in [0.15, 0.2) is 0 Å². The summed E-state index contributed by atoms with van der Waals surface area (Å²) in [5.41, 5.74) is 0.184. The molecule has 6 heteroatoms. The number of thioether (sulfide) groups is 1. The normalized spacial score (nSPS) is 10.2. The summed E-state index contributed by atoms with van der Waals surface area (Å²) in [7, 11) is 0. The first-order valence-electron chi connectivity index (χ1n) is 5.43. The van der Waals surface area contributed by atoms with Crippen LogP contribution in [0.3, 0.4) is 0 Å². The van der Waals surface area contributed by atoms with Crippen LogP contribution >= 0.6 is 27.7 Å². The van der Waals surface area contributed by atoms with Gasteiger partial charge in [-0.1, -0.05) is 15.9 Å². The number of nitrogens with one attached hydrogen (secondary N) is 1. The van der Waals surface area contributed by atoms with Crippen LogP contribution in [0.15, 0.2) is 52.1 Å². The summed E-state index contributed by atoms with van der Waals surface area (Å²) in [4.78, 5) is 16.5. The van der Waals surface area contributed by atoms with E-state index in [2.05, 4.69) is 26.2 Å². The Labute approximate surface area is 122 Å². The zero-order valence-corrected chi connectivity index (χ0v) is 12.2. The predicted octanol–water partition coefficient (Wildman–Crippen LogP) is 3.71. The maximum atomic E-state index is 13.5. The van der Waals surface area contributed by atoms with E-state index in [1.165, 1.54) is 23.9 Å². The molecule has 1 heterocycles. The van der Waals surface area contributed by atoms with Crippen LogP contribution in [0.5, 0.6) is 0 Å². The van der Waals surface area contributed by atoms with Crippen LogP contribution in [0.1, 0.15) is 0 Å². The number of rotatable bonds is 4. The minimum Gasteiger partial charge on any atom is -0.323 e. The van der Waals surface area contributed by atoms with Gasteiger partial charge in [-0.2, -0.15) is 0 Å². The standard InChI is InChI=1S/C13H10BrFN2OS/c14-9-1-2-12(11(15)7-9)17-13(18)8-19-10-3-5-16-6-4-10/h1-7H,8H2,(H,17,18). The van der Waals surface area contributed by atoms with Crippen LogP contribution < -0.4 is 5.32 Å². The van der Waals surface area contributed by atoms with Crippen molar-refractivity contribution in [3.05, 3.63) is 53.0 Å². The Morgan fingerprint density at radius 2 is 2.05 bits per heavy atom. The van der Waals surface area contributed by atoms with Crippen molar-refractivity contribution in [1.29, 1.82) is 0 Å². The number of carbonyl (C=O) groups is 1. The summed E-state index contributed by atoms with van der Waals surface area (Å²) in [6.45, 7) is 0. The quantitative estimate of drug-likeness (QED) is 0.862. The fourth-order valence-corrected chi connectivity index (χ4v) is 2.38. The number of aromatic nitrogens is 1. The van der Waals surface area contributed by atoms with Gasteiger partial charge in [0, 0.05) is 21.8 Å². The number of hydrogen-bond donors (Lipinski definition) is 1. The van der Waals surface area contributed by atoms with Gasteiger partial charge < -0.3 is 5.32 Å². The first kappa shape index (κ1) is 14.0. The molecule has 0 saturated heterocycles. The van der Waals surface area contributed by atoms with Crippen LogP contribution in [-0.2, 0) is 4.79 Å². The highest BCUT2D eigenvalue weighted by Crippen LogP contribution is 2.20. The van der Waals surface area contributed by atoms with Crippen LogP contribution in [0.2, 0.25) is 0 Å². The lowest BCUT2D eigenvalue weighted by Crippen LogP contribution is -2.14. The molecule has 0 radical (unpaired) electrons. The Hall–Kier alpha value is -1.40. The van der Waals surface area contributed by atoms with Gasteiger partial charge in [-0.05, 0) is 30.3 Å². The first-order chi connectivity index (χ1) is 9.15. The molecule has 0 aliphatic carbocycles. The molecular formula is C13H10BrFN2OS. The zero-order valence-electron chi connectivity index (χ0n) is 9.77. The summed E-state index contributed by atoms with van der Waals surface area (Å²) in [6, 6.07) is 8.14. The van der Waals surface area contributed by atoms with Crippen LogP contribution in [0, 0.1) is 5.82 Å². The Morgan fingerprint density at radius 1 is 1.32 bits per heavy atom. The number of halogens is 2. The maximum Gasteiger partial charge on any atom is 0.234 e. The lowest BCUT2D eigenvalue weighted by molar-refractivity contribution is -0.113. The van der Waals surface area contributed by atoms with Gasteiger partial charge in [-0.3, -0.25) is 9.78 Å². The maximum absolute atomic E-state index is 13.5. The minimum atomic E-state index is -0.461. The molecular weight excluding hydrogens is 331 g/mol. The highest BCUT2D eigenvalue weighted by Gasteiger charge is 2.07. The smallest absolute Gasteiger partial charge is 0.234 e. The van der Waals surface area contributed by atoms with E-state index in [9.17, 15) is 9.18 Å². The molecule has 0 aliphatic heterocycles. The van der Waals surface area contributed by atoms with Crippen molar-refractivity contribution < 1.29 is 9.18 Å². The molecule has 0 unspecified atom stereocenters. The number of carbonyl (C=O) groups excluding carboxylic acids is 1. The molecule has 2 aromatic rings. The van der Waals surface area contributed by atoms with Gasteiger partial charge in [0.2, 0.25) is 5.91 Å². The topological polar surface area (TPSA) is 42.0 Å². The van der Waals surface area contributed by atoms with Crippen LogP contribution in [-0.4, -0.2) is 16.6 Å². The van der Waals surface area contributed by atoms with Gasteiger partial charge in [0.25, 0.3) is 0 Å². The Bertz CT molecular complexity index is 580. The Morgan fingerprint density at radius 3 is 2.74 bits per heavy atom. The molecule has 98 valence electrons. The Balaban J connectivity index is 1.91. The summed E-state index contributed by atoms with van der Waals surface area (Å²) >= 11 is 4.53. The van der Waals surface area contributed by atoms with Gasteiger partial charge in [-0.25, -0.2) is 4.39 Å². The number of anilines is 1. The molecule has 1 N–H and O–H groups in total. The highest BCUT2D eigenvalue weighted by atomic mass is 79.9. The number of pyridine rings is 1. The molecule has 3 nitrogen and oxygen atoms in total. The van der Waals surface area contributed by atoms with E-state index in [1.54, 1.807) is 18.5 Å². The third kappa shape index (κ3) is 4.33. The van der Waals surface area contributed by atoms with E-state index < -0.39 is 5.82 Å². The second kappa shape index (κ2) is 6.68. The lowest BCUT2D eigenvalue weighted by Gasteiger charge is -2.06. The molecule has 0 atom stereocenters. The molecule has 2 rings (SSSR count). The number of amides is 1. The second-order valence-electron chi connectivity index (χ2n) is 3.64. The summed E-state index contributed by atoms with van der Waals surface area (Å²) < 4.78 is 14.1. The van der Waals surface area contributed by atoms with Gasteiger partial charge in [0.05, 0.1) is 11.4 Å². The SMILES string of the molecule is O=C(CSc1ccncc1)Nc1ccc(Br)cc1F. The predicted molar refractivity (Wildman–Crippen MR) is 77.7 cm³/mol. The van der Waals surface area contributed by atoms with E-state index in [1.807, 2.05) is 12.1 Å². The van der Waals surface area contributed by atoms with Crippen molar-refractivity contribution in [3.8, 4) is 0 Å². The summed E-state index contributed by atoms with van der Waals surface area (Å²) in [5.74, 6) is -0.487. The van der Waals surface area contributed by atoms with E-state index in [4.69, 9.17) is 0 Å². The van der Waals surface area contributed by atoms with E-state index in [0.29, 0.717) is 4.47 Å². The zero-order chi connectivity index (χ0) is 13.7. The highest BCUT2D eigenvalue weighted by molar-refractivity contribution is 9.10. The Kier molecular flexibility index (Phi) is 4.93. The van der Waals surface area contributed by atoms with Gasteiger partial charge in [0.1, 0.15) is 5.82 Å². The molecule has 0 fully saturated rings. The van der Waals surface area contributed by atoms with Crippen molar-refractivity contribution in [2.75, 3.05) is 11.1 Å². The van der Waals surface area contributed by atoms with Crippen molar-refractivity contribution in [3.63, 3.8) is 0 Å². The number of hydrogen-bond acceptors (Lipinski definition) is 3. The molecule has 0 saturated carbocycles.